The zero-order valence-electron chi connectivity index (χ0n) is 11.6. The van der Waals surface area contributed by atoms with Crippen molar-refractivity contribution in [3.8, 4) is 0 Å². The minimum absolute atomic E-state index is 0.506. The van der Waals surface area contributed by atoms with Crippen LogP contribution in [0, 0.1) is 0 Å². The zero-order chi connectivity index (χ0) is 12.9. The third kappa shape index (κ3) is 3.54. The molecular weight excluding hydrogens is 240 g/mol. The van der Waals surface area contributed by atoms with Crippen molar-refractivity contribution in [2.75, 3.05) is 26.2 Å². The standard InChI is InChI=1S/C14H24N4O/c1-2-4-6-12(5-3-1)14-16-13(17-19-14)11-18-9-7-15-8-10-18/h12,15H,1-11H2. The molecule has 0 spiro atoms. The molecule has 1 aliphatic heterocycles. The molecule has 1 N–H and O–H groups in total. The van der Waals surface area contributed by atoms with Crippen molar-refractivity contribution in [1.82, 2.24) is 20.4 Å². The predicted octanol–water partition coefficient (Wildman–Crippen LogP) is 1.91. The minimum atomic E-state index is 0.506. The van der Waals surface area contributed by atoms with E-state index in [9.17, 15) is 0 Å². The summed E-state index contributed by atoms with van der Waals surface area (Å²) in [6, 6.07) is 0. The van der Waals surface area contributed by atoms with E-state index in [0.29, 0.717) is 5.92 Å². The van der Waals surface area contributed by atoms with Gasteiger partial charge in [-0.05, 0) is 12.8 Å². The van der Waals surface area contributed by atoms with Crippen molar-refractivity contribution in [1.29, 1.82) is 0 Å². The van der Waals surface area contributed by atoms with Gasteiger partial charge in [-0.1, -0.05) is 30.8 Å². The van der Waals surface area contributed by atoms with Crippen LogP contribution in [-0.4, -0.2) is 41.2 Å². The van der Waals surface area contributed by atoms with E-state index in [1.54, 1.807) is 0 Å². The van der Waals surface area contributed by atoms with Crippen LogP contribution >= 0.6 is 0 Å². The van der Waals surface area contributed by atoms with E-state index < -0.39 is 0 Å². The lowest BCUT2D eigenvalue weighted by Gasteiger charge is -2.25. The highest BCUT2D eigenvalue weighted by atomic mass is 16.5. The Morgan fingerprint density at radius 2 is 1.84 bits per heavy atom. The van der Waals surface area contributed by atoms with Crippen LogP contribution < -0.4 is 5.32 Å². The Labute approximate surface area is 114 Å². The Morgan fingerprint density at radius 1 is 1.11 bits per heavy atom. The van der Waals surface area contributed by atoms with Crippen LogP contribution in [0.1, 0.15) is 56.2 Å². The van der Waals surface area contributed by atoms with Gasteiger partial charge < -0.3 is 9.84 Å². The average molecular weight is 264 g/mol. The molecule has 0 radical (unpaired) electrons. The van der Waals surface area contributed by atoms with Gasteiger partial charge in [-0.3, -0.25) is 4.90 Å². The van der Waals surface area contributed by atoms with Crippen LogP contribution in [0.2, 0.25) is 0 Å². The maximum absolute atomic E-state index is 5.50. The summed E-state index contributed by atoms with van der Waals surface area (Å²) >= 11 is 0. The number of aromatic nitrogens is 2. The van der Waals surface area contributed by atoms with Gasteiger partial charge in [0, 0.05) is 32.1 Å². The van der Waals surface area contributed by atoms with E-state index in [4.69, 9.17) is 4.52 Å². The first kappa shape index (κ1) is 13.1. The van der Waals surface area contributed by atoms with Crippen LogP contribution in [-0.2, 0) is 6.54 Å². The molecule has 19 heavy (non-hydrogen) atoms. The van der Waals surface area contributed by atoms with E-state index in [2.05, 4.69) is 20.4 Å². The van der Waals surface area contributed by atoms with Crippen molar-refractivity contribution < 1.29 is 4.52 Å². The van der Waals surface area contributed by atoms with E-state index in [1.165, 1.54) is 38.5 Å². The van der Waals surface area contributed by atoms with Crippen LogP contribution in [0.15, 0.2) is 4.52 Å². The Balaban J connectivity index is 1.58. The second-order valence-electron chi connectivity index (χ2n) is 5.76. The molecular formula is C14H24N4O. The molecule has 1 saturated carbocycles. The van der Waals surface area contributed by atoms with E-state index >= 15 is 0 Å². The quantitative estimate of drug-likeness (QED) is 0.845. The van der Waals surface area contributed by atoms with E-state index in [-0.39, 0.29) is 0 Å². The lowest BCUT2D eigenvalue weighted by molar-refractivity contribution is 0.224. The van der Waals surface area contributed by atoms with Crippen LogP contribution in [0.3, 0.4) is 0 Å². The summed E-state index contributed by atoms with van der Waals surface area (Å²) in [7, 11) is 0. The van der Waals surface area contributed by atoms with Gasteiger partial charge in [0.15, 0.2) is 5.82 Å². The summed E-state index contributed by atoms with van der Waals surface area (Å²) in [6.45, 7) is 5.11. The van der Waals surface area contributed by atoms with Crippen molar-refractivity contribution in [3.63, 3.8) is 0 Å². The first-order valence-electron chi connectivity index (χ1n) is 7.67. The molecule has 0 amide bonds. The number of hydrogen-bond donors (Lipinski definition) is 1. The highest BCUT2D eigenvalue weighted by molar-refractivity contribution is 4.95. The Bertz CT molecular complexity index is 379. The van der Waals surface area contributed by atoms with E-state index in [0.717, 1.165) is 44.4 Å². The molecule has 1 aromatic heterocycles. The number of nitrogens with one attached hydrogen (secondary N) is 1. The van der Waals surface area contributed by atoms with Gasteiger partial charge in [0.2, 0.25) is 5.89 Å². The average Bonchev–Trinajstić information content (AvgIpc) is 2.74. The van der Waals surface area contributed by atoms with E-state index in [1.807, 2.05) is 0 Å². The van der Waals surface area contributed by atoms with Gasteiger partial charge in [-0.15, -0.1) is 0 Å². The van der Waals surface area contributed by atoms with Crippen LogP contribution in [0.4, 0.5) is 0 Å². The highest BCUT2D eigenvalue weighted by Gasteiger charge is 2.21. The molecule has 0 atom stereocenters. The fraction of sp³-hybridized carbons (Fsp3) is 0.857. The van der Waals surface area contributed by atoms with Crippen LogP contribution in [0.25, 0.3) is 0 Å². The zero-order valence-corrected chi connectivity index (χ0v) is 11.6. The largest absolute Gasteiger partial charge is 0.339 e. The molecule has 1 saturated heterocycles. The maximum Gasteiger partial charge on any atom is 0.229 e. The molecule has 0 aromatic carbocycles. The van der Waals surface area contributed by atoms with Gasteiger partial charge in [0.25, 0.3) is 0 Å². The topological polar surface area (TPSA) is 54.2 Å². The van der Waals surface area contributed by atoms with Crippen molar-refractivity contribution >= 4 is 0 Å². The van der Waals surface area contributed by atoms with Gasteiger partial charge in [-0.25, -0.2) is 0 Å². The normalized spacial score (nSPS) is 23.4. The summed E-state index contributed by atoms with van der Waals surface area (Å²) in [6.07, 6.45) is 7.77. The van der Waals surface area contributed by atoms with Gasteiger partial charge >= 0.3 is 0 Å². The molecule has 5 nitrogen and oxygen atoms in total. The molecule has 1 aliphatic carbocycles. The summed E-state index contributed by atoms with van der Waals surface area (Å²) in [5, 5.41) is 7.53. The molecule has 0 bridgehead atoms. The third-order valence-corrected chi connectivity index (χ3v) is 4.26. The number of nitrogens with zero attached hydrogens (tertiary/aromatic N) is 3. The first-order chi connectivity index (χ1) is 9.42. The van der Waals surface area contributed by atoms with Gasteiger partial charge in [0.1, 0.15) is 0 Å². The second-order valence-corrected chi connectivity index (χ2v) is 5.76. The molecule has 106 valence electrons. The fourth-order valence-electron chi connectivity index (χ4n) is 3.09. The molecule has 0 unspecified atom stereocenters. The van der Waals surface area contributed by atoms with Crippen molar-refractivity contribution in [2.45, 2.75) is 51.0 Å². The monoisotopic (exact) mass is 264 g/mol. The number of piperazine rings is 1. The minimum Gasteiger partial charge on any atom is -0.339 e. The lowest BCUT2D eigenvalue weighted by Crippen LogP contribution is -2.43. The maximum atomic E-state index is 5.50. The Hall–Kier alpha value is -0.940. The Kier molecular flexibility index (Phi) is 4.45. The summed E-state index contributed by atoms with van der Waals surface area (Å²) < 4.78 is 5.50. The third-order valence-electron chi connectivity index (χ3n) is 4.26. The van der Waals surface area contributed by atoms with Crippen molar-refractivity contribution in [3.05, 3.63) is 11.7 Å². The fourth-order valence-corrected chi connectivity index (χ4v) is 3.09. The smallest absolute Gasteiger partial charge is 0.229 e. The predicted molar refractivity (Wildman–Crippen MR) is 72.9 cm³/mol. The highest BCUT2D eigenvalue weighted by Crippen LogP contribution is 2.30. The first-order valence-corrected chi connectivity index (χ1v) is 7.67. The summed E-state index contributed by atoms with van der Waals surface area (Å²) in [4.78, 5) is 7.02. The van der Waals surface area contributed by atoms with Gasteiger partial charge in [-0.2, -0.15) is 4.98 Å². The summed E-state index contributed by atoms with van der Waals surface area (Å²) in [5.74, 6) is 2.25. The molecule has 2 aliphatic rings. The molecule has 2 heterocycles. The number of hydrogen-bond acceptors (Lipinski definition) is 5. The van der Waals surface area contributed by atoms with Crippen LogP contribution in [0.5, 0.6) is 0 Å². The number of rotatable bonds is 3. The second kappa shape index (κ2) is 6.48. The SMILES string of the molecule is C1CCCC(c2nc(CN3CCNCC3)no2)CC1. The lowest BCUT2D eigenvalue weighted by atomic mass is 10.0. The molecule has 2 fully saturated rings. The van der Waals surface area contributed by atoms with Gasteiger partial charge in [0.05, 0.1) is 6.54 Å². The molecule has 3 rings (SSSR count). The molecule has 5 heteroatoms. The molecule has 1 aromatic rings. The summed E-state index contributed by atoms with van der Waals surface area (Å²) in [5.41, 5.74) is 0. The Morgan fingerprint density at radius 3 is 2.58 bits per heavy atom. The van der Waals surface area contributed by atoms with Crippen molar-refractivity contribution in [2.24, 2.45) is 0 Å².